The Balaban J connectivity index is 0.000000492. The largest absolute Gasteiger partial charge is 0.300 e. The van der Waals surface area contributed by atoms with E-state index in [4.69, 9.17) is 0 Å². The van der Waals surface area contributed by atoms with Crippen LogP contribution in [0, 0.1) is 17.8 Å². The molecule has 2 nitrogen and oxygen atoms in total. The van der Waals surface area contributed by atoms with Gasteiger partial charge in [-0.15, -0.1) is 0 Å². The lowest BCUT2D eigenvalue weighted by Gasteiger charge is -2.34. The van der Waals surface area contributed by atoms with Gasteiger partial charge in [0, 0.05) is 12.8 Å². The fourth-order valence-corrected chi connectivity index (χ4v) is 3.25. The van der Waals surface area contributed by atoms with Crippen LogP contribution in [0.5, 0.6) is 0 Å². The van der Waals surface area contributed by atoms with Gasteiger partial charge in [-0.25, -0.2) is 0 Å². The van der Waals surface area contributed by atoms with E-state index in [1.807, 2.05) is 0 Å². The SMILES string of the molecule is COF.O=C1CCC(C2CCC(CF)CC2)CC1. The Morgan fingerprint density at radius 3 is 1.94 bits per heavy atom. The molecule has 0 aromatic rings. The molecular weight excluding hydrogens is 238 g/mol. The van der Waals surface area contributed by atoms with Gasteiger partial charge in [-0.2, -0.15) is 4.94 Å². The van der Waals surface area contributed by atoms with E-state index in [-0.39, 0.29) is 6.67 Å². The Kier molecular flexibility index (Phi) is 7.40. The number of carbonyl (C=O) groups excluding carboxylic acids is 1. The van der Waals surface area contributed by atoms with Crippen LogP contribution < -0.4 is 0 Å². The van der Waals surface area contributed by atoms with Gasteiger partial charge in [0.25, 0.3) is 0 Å². The van der Waals surface area contributed by atoms with Crippen LogP contribution >= 0.6 is 0 Å². The second-order valence-corrected chi connectivity index (χ2v) is 5.47. The quantitative estimate of drug-likeness (QED) is 0.750. The fraction of sp³-hybridized carbons (Fsp3) is 0.929. The van der Waals surface area contributed by atoms with E-state index >= 15 is 0 Å². The van der Waals surface area contributed by atoms with Crippen molar-refractivity contribution in [3.05, 3.63) is 0 Å². The highest BCUT2D eigenvalue weighted by Crippen LogP contribution is 2.39. The summed E-state index contributed by atoms with van der Waals surface area (Å²) in [4.78, 5) is 13.9. The predicted octanol–water partition coefficient (Wildman–Crippen LogP) is 4.04. The molecule has 2 fully saturated rings. The molecule has 0 heterocycles. The molecule has 0 spiro atoms. The molecule has 2 saturated carbocycles. The summed E-state index contributed by atoms with van der Waals surface area (Å²) in [6.07, 6.45) is 8.35. The molecule has 2 aliphatic rings. The zero-order valence-electron chi connectivity index (χ0n) is 11.2. The standard InChI is InChI=1S/C13H21FO.CH3FO/c14-9-10-1-3-11(4-2-10)12-5-7-13(15)8-6-12;1-3-2/h10-12H,1-9H2;1H3. The van der Waals surface area contributed by atoms with Crippen molar-refractivity contribution in [2.75, 3.05) is 13.8 Å². The molecule has 0 atom stereocenters. The van der Waals surface area contributed by atoms with Gasteiger partial charge in [0.15, 0.2) is 0 Å². The molecular formula is C14H24F2O2. The van der Waals surface area contributed by atoms with Crippen LogP contribution in [0.25, 0.3) is 0 Å². The van der Waals surface area contributed by atoms with Crippen molar-refractivity contribution in [1.82, 2.24) is 0 Å². The van der Waals surface area contributed by atoms with E-state index in [0.717, 1.165) is 57.5 Å². The summed E-state index contributed by atoms with van der Waals surface area (Å²) in [5.41, 5.74) is 0. The monoisotopic (exact) mass is 262 g/mol. The van der Waals surface area contributed by atoms with Crippen LogP contribution in [0.4, 0.5) is 8.92 Å². The van der Waals surface area contributed by atoms with Crippen LogP contribution in [-0.2, 0) is 9.74 Å². The highest BCUT2D eigenvalue weighted by molar-refractivity contribution is 5.79. The molecule has 0 aliphatic heterocycles. The molecule has 0 N–H and O–H groups in total. The van der Waals surface area contributed by atoms with Gasteiger partial charge in [0.1, 0.15) is 5.78 Å². The van der Waals surface area contributed by atoms with Crippen molar-refractivity contribution in [1.29, 1.82) is 0 Å². The minimum atomic E-state index is -0.129. The third-order valence-electron chi connectivity index (χ3n) is 4.36. The highest BCUT2D eigenvalue weighted by Gasteiger charge is 2.29. The topological polar surface area (TPSA) is 26.3 Å². The number of hydrogen-bond donors (Lipinski definition) is 0. The molecule has 0 amide bonds. The van der Waals surface area contributed by atoms with Crippen LogP contribution in [0.15, 0.2) is 0 Å². The van der Waals surface area contributed by atoms with Gasteiger partial charge in [-0.3, -0.25) is 9.18 Å². The lowest BCUT2D eigenvalue weighted by Crippen LogP contribution is -2.26. The van der Waals surface area contributed by atoms with E-state index in [2.05, 4.69) is 4.94 Å². The molecule has 0 bridgehead atoms. The maximum absolute atomic E-state index is 12.5. The molecule has 0 saturated heterocycles. The highest BCUT2D eigenvalue weighted by atomic mass is 19.3. The van der Waals surface area contributed by atoms with E-state index in [0.29, 0.717) is 11.7 Å². The predicted molar refractivity (Wildman–Crippen MR) is 66.5 cm³/mol. The summed E-state index contributed by atoms with van der Waals surface area (Å²) in [5, 5.41) is 0. The third kappa shape index (κ3) is 5.01. The number of ketones is 1. The molecule has 0 radical (unpaired) electrons. The summed E-state index contributed by atoms with van der Waals surface area (Å²) in [6, 6.07) is 0. The first kappa shape index (κ1) is 15.5. The van der Waals surface area contributed by atoms with Crippen LogP contribution in [0.2, 0.25) is 0 Å². The van der Waals surface area contributed by atoms with Crippen molar-refractivity contribution in [3.63, 3.8) is 0 Å². The van der Waals surface area contributed by atoms with Crippen LogP contribution in [-0.4, -0.2) is 19.6 Å². The van der Waals surface area contributed by atoms with Crippen LogP contribution in [0.3, 0.4) is 0 Å². The van der Waals surface area contributed by atoms with Crippen molar-refractivity contribution in [2.45, 2.75) is 51.4 Å². The third-order valence-corrected chi connectivity index (χ3v) is 4.36. The lowest BCUT2D eigenvalue weighted by molar-refractivity contribution is -0.121. The molecule has 2 aliphatic carbocycles. The Morgan fingerprint density at radius 2 is 1.50 bits per heavy atom. The number of carbonyl (C=O) groups is 1. The second kappa shape index (κ2) is 8.57. The van der Waals surface area contributed by atoms with E-state index < -0.39 is 0 Å². The second-order valence-electron chi connectivity index (χ2n) is 5.47. The van der Waals surface area contributed by atoms with E-state index in [9.17, 15) is 13.7 Å². The molecule has 0 aromatic carbocycles. The lowest BCUT2D eigenvalue weighted by atomic mass is 9.71. The van der Waals surface area contributed by atoms with Crippen LogP contribution in [0.1, 0.15) is 51.4 Å². The Labute approximate surface area is 108 Å². The Bertz CT molecular complexity index is 228. The van der Waals surface area contributed by atoms with Crippen molar-refractivity contribution >= 4 is 5.78 Å². The number of Topliss-reactive ketones (excluding diaryl/α,β-unsaturated/α-hetero) is 1. The van der Waals surface area contributed by atoms with Gasteiger partial charge in [0.05, 0.1) is 13.8 Å². The van der Waals surface area contributed by atoms with Gasteiger partial charge in [-0.1, -0.05) is 0 Å². The zero-order chi connectivity index (χ0) is 13.4. The van der Waals surface area contributed by atoms with Gasteiger partial charge in [0.2, 0.25) is 0 Å². The van der Waals surface area contributed by atoms with Gasteiger partial charge >= 0.3 is 0 Å². The molecule has 18 heavy (non-hydrogen) atoms. The van der Waals surface area contributed by atoms with E-state index in [1.165, 1.54) is 12.8 Å². The molecule has 2 rings (SSSR count). The number of rotatable bonds is 2. The molecule has 0 unspecified atom stereocenters. The Morgan fingerprint density at radius 1 is 1.06 bits per heavy atom. The summed E-state index contributed by atoms with van der Waals surface area (Å²) in [7, 11) is 0.958. The van der Waals surface area contributed by atoms with Crippen molar-refractivity contribution in [3.8, 4) is 0 Å². The summed E-state index contributed by atoms with van der Waals surface area (Å²) >= 11 is 0. The average Bonchev–Trinajstić information content (AvgIpc) is 2.41. The first-order valence-corrected chi connectivity index (χ1v) is 6.93. The van der Waals surface area contributed by atoms with Gasteiger partial charge in [-0.05, 0) is 60.8 Å². The number of halogens is 2. The zero-order valence-corrected chi connectivity index (χ0v) is 11.2. The first-order valence-electron chi connectivity index (χ1n) is 6.93. The molecule has 0 aromatic heterocycles. The maximum Gasteiger partial charge on any atom is 0.132 e. The number of alkyl halides is 1. The first-order chi connectivity index (χ1) is 8.71. The van der Waals surface area contributed by atoms with Gasteiger partial charge < -0.3 is 0 Å². The summed E-state index contributed by atoms with van der Waals surface area (Å²) in [5.74, 6) is 2.35. The Hall–Kier alpha value is -0.510. The van der Waals surface area contributed by atoms with E-state index in [1.54, 1.807) is 0 Å². The fourth-order valence-electron chi connectivity index (χ4n) is 3.25. The molecule has 4 heteroatoms. The van der Waals surface area contributed by atoms with Crippen molar-refractivity contribution < 1.29 is 18.7 Å². The summed E-state index contributed by atoms with van der Waals surface area (Å²) < 4.78 is 22.2. The minimum Gasteiger partial charge on any atom is -0.300 e. The average molecular weight is 262 g/mol. The smallest absolute Gasteiger partial charge is 0.132 e. The maximum atomic E-state index is 12.5. The summed E-state index contributed by atoms with van der Waals surface area (Å²) in [6.45, 7) is -0.129. The van der Waals surface area contributed by atoms with Crippen molar-refractivity contribution in [2.24, 2.45) is 17.8 Å². The normalized spacial score (nSPS) is 29.6. The number of hydrogen-bond acceptors (Lipinski definition) is 2. The molecule has 106 valence electrons. The minimum absolute atomic E-state index is 0.129.